The van der Waals surface area contributed by atoms with Crippen LogP contribution in [-0.2, 0) is 9.53 Å². The Morgan fingerprint density at radius 1 is 1.32 bits per heavy atom. The Hall–Kier alpha value is -1.07. The highest BCUT2D eigenvalue weighted by molar-refractivity contribution is 9.10. The minimum Gasteiger partial charge on any atom is -0.452 e. The highest BCUT2D eigenvalue weighted by Crippen LogP contribution is 2.52. The lowest BCUT2D eigenvalue weighted by atomic mass is 9.65. The van der Waals surface area contributed by atoms with Crippen LogP contribution in [0.2, 0.25) is 5.02 Å². The van der Waals surface area contributed by atoms with E-state index in [9.17, 15) is 9.59 Å². The second-order valence-electron chi connectivity index (χ2n) is 8.44. The highest BCUT2D eigenvalue weighted by atomic mass is 79.9. The summed E-state index contributed by atoms with van der Waals surface area (Å²) >= 11 is 9.34. The van der Waals surface area contributed by atoms with Gasteiger partial charge in [-0.1, -0.05) is 48.3 Å². The maximum Gasteiger partial charge on any atom is 0.340 e. The van der Waals surface area contributed by atoms with Crippen molar-refractivity contribution >= 4 is 39.4 Å². The lowest BCUT2D eigenvalue weighted by Crippen LogP contribution is -2.39. The molecular formula is C19H23BrClNO3. The fourth-order valence-corrected chi connectivity index (χ4v) is 5.25. The molecule has 2 atom stereocenters. The van der Waals surface area contributed by atoms with Crippen molar-refractivity contribution in [1.29, 1.82) is 0 Å². The third-order valence-corrected chi connectivity index (χ3v) is 6.03. The average Bonchev–Trinajstić information content (AvgIpc) is 2.76. The lowest BCUT2D eigenvalue weighted by Gasteiger charge is -2.39. The van der Waals surface area contributed by atoms with Gasteiger partial charge in [0.15, 0.2) is 6.61 Å². The van der Waals surface area contributed by atoms with Gasteiger partial charge in [-0.3, -0.25) is 4.79 Å². The Labute approximate surface area is 162 Å². The second-order valence-corrected chi connectivity index (χ2v) is 9.76. The molecule has 0 radical (unpaired) electrons. The van der Waals surface area contributed by atoms with E-state index < -0.39 is 5.97 Å². The summed E-state index contributed by atoms with van der Waals surface area (Å²) in [7, 11) is 0. The molecule has 6 heteroatoms. The van der Waals surface area contributed by atoms with Crippen LogP contribution < -0.4 is 0 Å². The minimum atomic E-state index is -0.576. The van der Waals surface area contributed by atoms with Crippen molar-refractivity contribution in [3.8, 4) is 0 Å². The largest absolute Gasteiger partial charge is 0.452 e. The van der Waals surface area contributed by atoms with Gasteiger partial charge in [0.2, 0.25) is 0 Å². The molecule has 1 aromatic carbocycles. The number of esters is 1. The molecule has 1 saturated heterocycles. The molecule has 25 heavy (non-hydrogen) atoms. The molecule has 2 fully saturated rings. The number of halogens is 2. The predicted molar refractivity (Wildman–Crippen MR) is 101 cm³/mol. The molecule has 136 valence electrons. The number of rotatable bonds is 3. The first kappa shape index (κ1) is 18.7. The Balaban J connectivity index is 1.64. The SMILES string of the molecule is CC1(C)CC2CC(C)(CN2C(=O)COC(=O)c2cc(Br)ccc2Cl)C1. The topological polar surface area (TPSA) is 46.6 Å². The van der Waals surface area contributed by atoms with Crippen LogP contribution in [0.25, 0.3) is 0 Å². The number of fused-ring (bicyclic) bond motifs is 2. The number of benzene rings is 1. The van der Waals surface area contributed by atoms with Gasteiger partial charge >= 0.3 is 5.97 Å². The molecule has 2 bridgehead atoms. The summed E-state index contributed by atoms with van der Waals surface area (Å²) < 4.78 is 5.97. The van der Waals surface area contributed by atoms with Gasteiger partial charge in [-0.05, 0) is 48.3 Å². The summed E-state index contributed by atoms with van der Waals surface area (Å²) in [4.78, 5) is 26.8. The number of hydrogen-bond acceptors (Lipinski definition) is 3. The predicted octanol–water partition coefficient (Wildman–Crippen LogP) is 4.69. The monoisotopic (exact) mass is 427 g/mol. The van der Waals surface area contributed by atoms with Crippen LogP contribution in [0.5, 0.6) is 0 Å². The van der Waals surface area contributed by atoms with Crippen molar-refractivity contribution in [3.63, 3.8) is 0 Å². The first-order valence-corrected chi connectivity index (χ1v) is 9.67. The second kappa shape index (κ2) is 6.58. The number of carbonyl (C=O) groups excluding carboxylic acids is 2. The number of nitrogens with zero attached hydrogens (tertiary/aromatic N) is 1. The van der Waals surface area contributed by atoms with E-state index >= 15 is 0 Å². The molecule has 1 aromatic rings. The molecule has 0 spiro atoms. The van der Waals surface area contributed by atoms with Crippen molar-refractivity contribution < 1.29 is 14.3 Å². The van der Waals surface area contributed by atoms with E-state index in [-0.39, 0.29) is 34.9 Å². The van der Waals surface area contributed by atoms with Crippen LogP contribution in [0, 0.1) is 10.8 Å². The van der Waals surface area contributed by atoms with Gasteiger partial charge < -0.3 is 9.64 Å². The van der Waals surface area contributed by atoms with Gasteiger partial charge in [0, 0.05) is 17.1 Å². The van der Waals surface area contributed by atoms with E-state index in [1.165, 1.54) is 0 Å². The fourth-order valence-electron chi connectivity index (χ4n) is 4.69. The van der Waals surface area contributed by atoms with Crippen molar-refractivity contribution in [1.82, 2.24) is 4.90 Å². The van der Waals surface area contributed by atoms with E-state index in [0.717, 1.165) is 30.3 Å². The van der Waals surface area contributed by atoms with Crippen LogP contribution in [0.3, 0.4) is 0 Å². The normalized spacial score (nSPS) is 27.2. The fraction of sp³-hybridized carbons (Fsp3) is 0.579. The maximum atomic E-state index is 12.6. The Kier molecular flexibility index (Phi) is 4.93. The van der Waals surface area contributed by atoms with E-state index in [2.05, 4.69) is 36.7 Å². The molecule has 1 aliphatic heterocycles. The lowest BCUT2D eigenvalue weighted by molar-refractivity contribution is -0.135. The number of likely N-dealkylation sites (tertiary alicyclic amines) is 1. The number of carbonyl (C=O) groups is 2. The van der Waals surface area contributed by atoms with Crippen LogP contribution in [-0.4, -0.2) is 36.0 Å². The average molecular weight is 429 g/mol. The summed E-state index contributed by atoms with van der Waals surface area (Å²) in [5.74, 6) is -0.695. The summed E-state index contributed by atoms with van der Waals surface area (Å²) in [5, 5.41) is 0.312. The van der Waals surface area contributed by atoms with Gasteiger partial charge in [-0.2, -0.15) is 0 Å². The molecule has 3 rings (SSSR count). The first-order chi connectivity index (χ1) is 11.6. The number of hydrogen-bond donors (Lipinski definition) is 0. The Bertz CT molecular complexity index is 721. The number of amides is 1. The van der Waals surface area contributed by atoms with Crippen LogP contribution >= 0.6 is 27.5 Å². The highest BCUT2D eigenvalue weighted by Gasteiger charge is 2.50. The summed E-state index contributed by atoms with van der Waals surface area (Å²) in [6.45, 7) is 7.28. The van der Waals surface area contributed by atoms with Crippen molar-refractivity contribution in [3.05, 3.63) is 33.3 Å². The van der Waals surface area contributed by atoms with Crippen LogP contribution in [0.15, 0.2) is 22.7 Å². The zero-order valence-electron chi connectivity index (χ0n) is 14.8. The van der Waals surface area contributed by atoms with Gasteiger partial charge in [-0.15, -0.1) is 0 Å². The summed E-state index contributed by atoms with van der Waals surface area (Å²) in [6.07, 6.45) is 3.15. The molecule has 2 unspecified atom stereocenters. The van der Waals surface area contributed by atoms with Gasteiger partial charge in [0.05, 0.1) is 10.6 Å². The molecule has 0 N–H and O–H groups in total. The van der Waals surface area contributed by atoms with E-state index in [1.54, 1.807) is 18.2 Å². The molecule has 1 heterocycles. The molecular weight excluding hydrogens is 406 g/mol. The van der Waals surface area contributed by atoms with Gasteiger partial charge in [0.25, 0.3) is 5.91 Å². The zero-order chi connectivity index (χ0) is 18.4. The smallest absolute Gasteiger partial charge is 0.340 e. The Morgan fingerprint density at radius 3 is 2.76 bits per heavy atom. The summed E-state index contributed by atoms with van der Waals surface area (Å²) in [6, 6.07) is 5.21. The maximum absolute atomic E-state index is 12.6. The van der Waals surface area contributed by atoms with Gasteiger partial charge in [-0.25, -0.2) is 4.79 Å². The first-order valence-electron chi connectivity index (χ1n) is 8.50. The quantitative estimate of drug-likeness (QED) is 0.656. The third-order valence-electron chi connectivity index (χ3n) is 5.21. The Morgan fingerprint density at radius 2 is 2.04 bits per heavy atom. The molecule has 0 aromatic heterocycles. The standard InChI is InChI=1S/C19H23BrClNO3/c1-18(2)7-13-8-19(3,10-18)11-22(13)16(23)9-25-17(24)14-6-12(20)4-5-15(14)21/h4-6,13H,7-11H2,1-3H3. The molecule has 1 saturated carbocycles. The molecule has 2 aliphatic rings. The minimum absolute atomic E-state index is 0.120. The van der Waals surface area contributed by atoms with Crippen molar-refractivity contribution in [2.75, 3.05) is 13.2 Å². The van der Waals surface area contributed by atoms with Crippen LogP contribution in [0.1, 0.15) is 50.4 Å². The third kappa shape index (κ3) is 4.03. The molecule has 4 nitrogen and oxygen atoms in total. The van der Waals surface area contributed by atoms with Gasteiger partial charge in [0.1, 0.15) is 0 Å². The van der Waals surface area contributed by atoms with Crippen LogP contribution in [0.4, 0.5) is 0 Å². The summed E-state index contributed by atoms with van der Waals surface area (Å²) in [5.41, 5.74) is 0.671. The van der Waals surface area contributed by atoms with E-state index in [1.807, 2.05) is 4.90 Å². The molecule has 1 aliphatic carbocycles. The van der Waals surface area contributed by atoms with E-state index in [0.29, 0.717) is 5.02 Å². The van der Waals surface area contributed by atoms with Crippen molar-refractivity contribution in [2.45, 2.75) is 46.1 Å². The van der Waals surface area contributed by atoms with Crippen molar-refractivity contribution in [2.24, 2.45) is 10.8 Å². The number of ether oxygens (including phenoxy) is 1. The molecule has 1 amide bonds. The van der Waals surface area contributed by atoms with E-state index in [4.69, 9.17) is 16.3 Å². The zero-order valence-corrected chi connectivity index (χ0v) is 17.1.